The number of hydrogen-bond acceptors (Lipinski definition) is 5. The van der Waals surface area contributed by atoms with Crippen molar-refractivity contribution in [2.45, 2.75) is 44.7 Å². The van der Waals surface area contributed by atoms with E-state index in [9.17, 15) is 18.0 Å². The highest BCUT2D eigenvalue weighted by atomic mass is 32.2. The molecule has 8 heteroatoms. The second-order valence-electron chi connectivity index (χ2n) is 7.20. The van der Waals surface area contributed by atoms with Crippen molar-refractivity contribution in [2.24, 2.45) is 5.10 Å². The van der Waals surface area contributed by atoms with Crippen LogP contribution >= 0.6 is 0 Å². The van der Waals surface area contributed by atoms with E-state index in [2.05, 4.69) is 5.10 Å². The van der Waals surface area contributed by atoms with E-state index in [0.29, 0.717) is 18.6 Å². The van der Waals surface area contributed by atoms with Crippen LogP contribution in [-0.4, -0.2) is 54.5 Å². The topological polar surface area (TPSA) is 87.1 Å². The molecule has 0 spiro atoms. The van der Waals surface area contributed by atoms with Gasteiger partial charge in [-0.05, 0) is 31.4 Å². The fourth-order valence-corrected chi connectivity index (χ4v) is 5.68. The zero-order chi connectivity index (χ0) is 18.5. The molecule has 0 aliphatic carbocycles. The van der Waals surface area contributed by atoms with E-state index in [1.54, 1.807) is 4.90 Å². The second-order valence-corrected chi connectivity index (χ2v) is 9.43. The van der Waals surface area contributed by atoms with Gasteiger partial charge in [-0.25, -0.2) is 13.4 Å². The quantitative estimate of drug-likeness (QED) is 0.775. The number of nitrogens with zero attached hydrogens (tertiary/aromatic N) is 3. The molecular weight excluding hydrogens is 354 g/mol. The van der Waals surface area contributed by atoms with Crippen molar-refractivity contribution in [3.63, 3.8) is 0 Å². The molecule has 1 fully saturated rings. The summed E-state index contributed by atoms with van der Waals surface area (Å²) in [5, 5.41) is 5.55. The normalized spacial score (nSPS) is 27.4. The van der Waals surface area contributed by atoms with Crippen molar-refractivity contribution in [2.75, 3.05) is 16.4 Å². The molecule has 7 nitrogen and oxygen atoms in total. The van der Waals surface area contributed by atoms with Crippen LogP contribution in [0, 0.1) is 0 Å². The lowest BCUT2D eigenvalue weighted by atomic mass is 10.1. The number of anilines is 1. The monoisotopic (exact) mass is 375 g/mol. The highest BCUT2D eigenvalue weighted by Crippen LogP contribution is 2.33. The molecule has 2 amide bonds. The fourth-order valence-electron chi connectivity index (χ4n) is 3.99. The Morgan fingerprint density at radius 3 is 2.73 bits per heavy atom. The minimum absolute atomic E-state index is 0.0283. The van der Waals surface area contributed by atoms with Gasteiger partial charge in [-0.1, -0.05) is 18.2 Å². The summed E-state index contributed by atoms with van der Waals surface area (Å²) in [6.45, 7) is 1.99. The van der Waals surface area contributed by atoms with Crippen LogP contribution < -0.4 is 4.90 Å². The molecular formula is C18H21N3O4S. The summed E-state index contributed by atoms with van der Waals surface area (Å²) in [5.41, 5.74) is 2.34. The molecule has 0 bridgehead atoms. The molecule has 26 heavy (non-hydrogen) atoms. The second kappa shape index (κ2) is 6.19. The number of carbonyl (C=O) groups excluding carboxylic acids is 2. The van der Waals surface area contributed by atoms with Crippen LogP contribution in [0.25, 0.3) is 0 Å². The van der Waals surface area contributed by atoms with Gasteiger partial charge in [-0.2, -0.15) is 5.10 Å². The van der Waals surface area contributed by atoms with E-state index in [1.165, 1.54) is 5.01 Å². The minimum Gasteiger partial charge on any atom is -0.304 e. The van der Waals surface area contributed by atoms with Gasteiger partial charge in [-0.3, -0.25) is 9.59 Å². The number of rotatable bonds is 2. The van der Waals surface area contributed by atoms with Gasteiger partial charge in [0.2, 0.25) is 5.91 Å². The average molecular weight is 375 g/mol. The predicted octanol–water partition coefficient (Wildman–Crippen LogP) is 1.13. The Hall–Kier alpha value is -2.22. The number of benzene rings is 1. The van der Waals surface area contributed by atoms with E-state index in [1.807, 2.05) is 31.2 Å². The van der Waals surface area contributed by atoms with Crippen molar-refractivity contribution in [3.05, 3.63) is 29.8 Å². The number of hydrogen-bond donors (Lipinski definition) is 0. The Labute approximate surface area is 152 Å². The molecule has 1 aromatic carbocycles. The van der Waals surface area contributed by atoms with Crippen molar-refractivity contribution < 1.29 is 18.0 Å². The number of carbonyl (C=O) groups is 2. The predicted molar refractivity (Wildman–Crippen MR) is 97.7 cm³/mol. The lowest BCUT2D eigenvalue weighted by Gasteiger charge is -2.30. The molecule has 1 aromatic rings. The van der Waals surface area contributed by atoms with Gasteiger partial charge in [-0.15, -0.1) is 0 Å². The number of sulfone groups is 1. The van der Waals surface area contributed by atoms with Crippen LogP contribution in [0.2, 0.25) is 0 Å². The number of hydrazone groups is 1. The molecule has 4 rings (SSSR count). The highest BCUT2D eigenvalue weighted by molar-refractivity contribution is 7.91. The number of para-hydroxylation sites is 1. The SMILES string of the molecule is C[C@@H]1Cc2ccccc2N1C(=O)C1=NN([C@@H]2CCS(=O)(=O)C2)C(=O)CC1. The Morgan fingerprint density at radius 1 is 1.23 bits per heavy atom. The maximum absolute atomic E-state index is 13.1. The standard InChI is InChI=1S/C18H21N3O4S/c1-12-10-13-4-2-3-5-16(13)20(12)18(23)15-6-7-17(22)21(19-15)14-8-9-26(24,25)11-14/h2-5,12,14H,6-11H2,1H3/t12-,14-/m1/s1. The highest BCUT2D eigenvalue weighted by Gasteiger charge is 2.39. The van der Waals surface area contributed by atoms with Gasteiger partial charge in [0.1, 0.15) is 5.71 Å². The van der Waals surface area contributed by atoms with Crippen LogP contribution in [0.4, 0.5) is 5.69 Å². The summed E-state index contributed by atoms with van der Waals surface area (Å²) >= 11 is 0. The van der Waals surface area contributed by atoms with Crippen LogP contribution in [0.3, 0.4) is 0 Å². The molecule has 0 aromatic heterocycles. The van der Waals surface area contributed by atoms with Crippen molar-refractivity contribution in [1.29, 1.82) is 0 Å². The van der Waals surface area contributed by atoms with E-state index >= 15 is 0 Å². The van der Waals surface area contributed by atoms with Gasteiger partial charge >= 0.3 is 0 Å². The Balaban J connectivity index is 1.62. The van der Waals surface area contributed by atoms with E-state index in [4.69, 9.17) is 0 Å². The molecule has 1 saturated heterocycles. The third kappa shape index (κ3) is 2.92. The third-order valence-corrected chi connectivity index (χ3v) is 7.04. The summed E-state index contributed by atoms with van der Waals surface area (Å²) in [4.78, 5) is 27.1. The van der Waals surface area contributed by atoms with Gasteiger partial charge in [0, 0.05) is 24.6 Å². The van der Waals surface area contributed by atoms with Gasteiger partial charge in [0.15, 0.2) is 9.84 Å². The summed E-state index contributed by atoms with van der Waals surface area (Å²) in [6, 6.07) is 7.37. The minimum atomic E-state index is -3.13. The molecule has 138 valence electrons. The fraction of sp³-hybridized carbons (Fsp3) is 0.500. The summed E-state index contributed by atoms with van der Waals surface area (Å²) < 4.78 is 23.5. The van der Waals surface area contributed by atoms with Crippen LogP contribution in [-0.2, 0) is 25.8 Å². The first-order valence-corrected chi connectivity index (χ1v) is 10.7. The van der Waals surface area contributed by atoms with Gasteiger partial charge < -0.3 is 4.90 Å². The first-order chi connectivity index (χ1) is 12.4. The Bertz CT molecular complexity index is 909. The zero-order valence-electron chi connectivity index (χ0n) is 14.6. The van der Waals surface area contributed by atoms with E-state index in [0.717, 1.165) is 17.7 Å². The van der Waals surface area contributed by atoms with Gasteiger partial charge in [0.25, 0.3) is 5.91 Å². The molecule has 3 heterocycles. The van der Waals surface area contributed by atoms with E-state index < -0.39 is 15.9 Å². The average Bonchev–Trinajstić information content (AvgIpc) is 3.13. The van der Waals surface area contributed by atoms with Crippen LogP contribution in [0.5, 0.6) is 0 Å². The summed E-state index contributed by atoms with van der Waals surface area (Å²) in [7, 11) is -3.13. The smallest absolute Gasteiger partial charge is 0.274 e. The van der Waals surface area contributed by atoms with Gasteiger partial charge in [0.05, 0.1) is 17.5 Å². The van der Waals surface area contributed by atoms with Crippen molar-refractivity contribution in [3.8, 4) is 0 Å². The number of fused-ring (bicyclic) bond motifs is 1. The summed E-state index contributed by atoms with van der Waals surface area (Å²) in [5.74, 6) is -0.414. The summed E-state index contributed by atoms with van der Waals surface area (Å²) in [6.07, 6.45) is 1.64. The van der Waals surface area contributed by atoms with Crippen molar-refractivity contribution in [1.82, 2.24) is 5.01 Å². The Morgan fingerprint density at radius 2 is 2.00 bits per heavy atom. The molecule has 3 aliphatic heterocycles. The van der Waals surface area contributed by atoms with Crippen LogP contribution in [0.1, 0.15) is 31.7 Å². The Kier molecular flexibility index (Phi) is 4.10. The lowest BCUT2D eigenvalue weighted by Crippen LogP contribution is -2.46. The molecule has 0 unspecified atom stereocenters. The maximum Gasteiger partial charge on any atom is 0.274 e. The third-order valence-electron chi connectivity index (χ3n) is 5.29. The molecule has 0 radical (unpaired) electrons. The number of amides is 2. The van der Waals surface area contributed by atoms with Crippen molar-refractivity contribution >= 4 is 33.1 Å². The maximum atomic E-state index is 13.1. The molecule has 0 saturated carbocycles. The first kappa shape index (κ1) is 17.2. The lowest BCUT2D eigenvalue weighted by molar-refractivity contribution is -0.133. The largest absolute Gasteiger partial charge is 0.304 e. The van der Waals surface area contributed by atoms with E-state index in [-0.39, 0.29) is 35.8 Å². The molecule has 0 N–H and O–H groups in total. The molecule has 2 atom stereocenters. The molecule has 3 aliphatic rings. The first-order valence-electron chi connectivity index (χ1n) is 8.87. The zero-order valence-corrected chi connectivity index (χ0v) is 15.4. The van der Waals surface area contributed by atoms with Crippen LogP contribution in [0.15, 0.2) is 29.4 Å².